The molecule has 0 saturated carbocycles. The van der Waals surface area contributed by atoms with E-state index in [1.54, 1.807) is 7.11 Å². The van der Waals surface area contributed by atoms with Crippen molar-refractivity contribution in [2.24, 2.45) is 5.73 Å². The molecule has 3 nitrogen and oxygen atoms in total. The van der Waals surface area contributed by atoms with Crippen LogP contribution < -0.4 is 5.73 Å². The Labute approximate surface area is 120 Å². The molecule has 0 spiro atoms. The first-order chi connectivity index (χ1) is 9.85. The van der Waals surface area contributed by atoms with Gasteiger partial charge in [-0.1, -0.05) is 48.5 Å². The van der Waals surface area contributed by atoms with Crippen LogP contribution in [-0.4, -0.2) is 20.3 Å². The van der Waals surface area contributed by atoms with E-state index < -0.39 is 0 Å². The van der Waals surface area contributed by atoms with Gasteiger partial charge in [0.05, 0.1) is 19.8 Å². The Morgan fingerprint density at radius 3 is 2.40 bits per heavy atom. The van der Waals surface area contributed by atoms with Crippen molar-refractivity contribution in [2.45, 2.75) is 13.2 Å². The highest BCUT2D eigenvalue weighted by molar-refractivity contribution is 5.67. The number of ether oxygens (including phenoxy) is 2. The van der Waals surface area contributed by atoms with Gasteiger partial charge in [0.2, 0.25) is 0 Å². The van der Waals surface area contributed by atoms with E-state index in [0.717, 1.165) is 11.1 Å². The van der Waals surface area contributed by atoms with E-state index in [4.69, 9.17) is 15.2 Å². The lowest BCUT2D eigenvalue weighted by Crippen LogP contribution is -2.01. The zero-order valence-corrected chi connectivity index (χ0v) is 11.8. The Morgan fingerprint density at radius 2 is 1.70 bits per heavy atom. The van der Waals surface area contributed by atoms with Crippen LogP contribution in [0.2, 0.25) is 0 Å². The molecule has 0 radical (unpaired) electrons. The minimum Gasteiger partial charge on any atom is -0.382 e. The Hall–Kier alpha value is -1.68. The second-order valence-electron chi connectivity index (χ2n) is 4.60. The van der Waals surface area contributed by atoms with Gasteiger partial charge in [-0.15, -0.1) is 0 Å². The topological polar surface area (TPSA) is 44.5 Å². The van der Waals surface area contributed by atoms with E-state index in [9.17, 15) is 0 Å². The minimum atomic E-state index is 0.554. The first-order valence-corrected chi connectivity index (χ1v) is 6.79. The van der Waals surface area contributed by atoms with Crippen molar-refractivity contribution in [3.05, 3.63) is 59.7 Å². The van der Waals surface area contributed by atoms with Gasteiger partial charge in [0.1, 0.15) is 0 Å². The Kier molecular flexibility index (Phi) is 5.74. The smallest absolute Gasteiger partial charge is 0.0718 e. The molecule has 0 unspecified atom stereocenters. The quantitative estimate of drug-likeness (QED) is 0.787. The monoisotopic (exact) mass is 271 g/mol. The predicted molar refractivity (Wildman–Crippen MR) is 81.3 cm³/mol. The van der Waals surface area contributed by atoms with Crippen molar-refractivity contribution in [3.63, 3.8) is 0 Å². The van der Waals surface area contributed by atoms with Crippen molar-refractivity contribution in [3.8, 4) is 11.1 Å². The molecular weight excluding hydrogens is 250 g/mol. The third-order valence-electron chi connectivity index (χ3n) is 3.20. The fourth-order valence-electron chi connectivity index (χ4n) is 2.09. The van der Waals surface area contributed by atoms with Crippen molar-refractivity contribution < 1.29 is 9.47 Å². The average molecular weight is 271 g/mol. The van der Waals surface area contributed by atoms with Crippen LogP contribution in [0.3, 0.4) is 0 Å². The molecule has 106 valence electrons. The van der Waals surface area contributed by atoms with Crippen LogP contribution in [0.5, 0.6) is 0 Å². The SMILES string of the molecule is COCCOCc1ccc(-c2ccccc2CN)cc1. The maximum absolute atomic E-state index is 5.78. The molecule has 0 aliphatic carbocycles. The largest absolute Gasteiger partial charge is 0.382 e. The van der Waals surface area contributed by atoms with E-state index in [0.29, 0.717) is 26.4 Å². The van der Waals surface area contributed by atoms with Gasteiger partial charge in [0, 0.05) is 13.7 Å². The number of hydrogen-bond acceptors (Lipinski definition) is 3. The summed E-state index contributed by atoms with van der Waals surface area (Å²) in [6.45, 7) is 2.41. The van der Waals surface area contributed by atoms with Gasteiger partial charge in [0.25, 0.3) is 0 Å². The third kappa shape index (κ3) is 3.90. The van der Waals surface area contributed by atoms with Crippen LogP contribution in [-0.2, 0) is 22.6 Å². The lowest BCUT2D eigenvalue weighted by Gasteiger charge is -2.09. The molecule has 0 heterocycles. The Morgan fingerprint density at radius 1 is 0.950 bits per heavy atom. The molecule has 2 rings (SSSR count). The van der Waals surface area contributed by atoms with E-state index >= 15 is 0 Å². The lowest BCUT2D eigenvalue weighted by molar-refractivity contribution is 0.0617. The molecule has 0 fully saturated rings. The highest BCUT2D eigenvalue weighted by Gasteiger charge is 2.03. The summed E-state index contributed by atoms with van der Waals surface area (Å²) in [4.78, 5) is 0. The molecule has 20 heavy (non-hydrogen) atoms. The molecule has 2 aromatic carbocycles. The first-order valence-electron chi connectivity index (χ1n) is 6.79. The van der Waals surface area contributed by atoms with Crippen molar-refractivity contribution in [1.82, 2.24) is 0 Å². The normalized spacial score (nSPS) is 10.7. The van der Waals surface area contributed by atoms with Gasteiger partial charge in [0.15, 0.2) is 0 Å². The van der Waals surface area contributed by atoms with Gasteiger partial charge in [-0.05, 0) is 22.3 Å². The lowest BCUT2D eigenvalue weighted by atomic mass is 9.99. The molecule has 0 aromatic heterocycles. The molecule has 3 heteroatoms. The molecule has 0 saturated heterocycles. The molecule has 2 N–H and O–H groups in total. The average Bonchev–Trinajstić information content (AvgIpc) is 2.52. The summed E-state index contributed by atoms with van der Waals surface area (Å²) in [5.41, 5.74) is 10.5. The van der Waals surface area contributed by atoms with Crippen molar-refractivity contribution in [1.29, 1.82) is 0 Å². The molecule has 0 amide bonds. The Bertz CT molecular complexity index is 523. The van der Waals surface area contributed by atoms with Gasteiger partial charge in [-0.3, -0.25) is 0 Å². The van der Waals surface area contributed by atoms with Crippen LogP contribution in [0.15, 0.2) is 48.5 Å². The molecular formula is C17H21NO2. The van der Waals surface area contributed by atoms with Gasteiger partial charge < -0.3 is 15.2 Å². The zero-order valence-electron chi connectivity index (χ0n) is 11.8. The second-order valence-corrected chi connectivity index (χ2v) is 4.60. The number of methoxy groups -OCH3 is 1. The summed E-state index contributed by atoms with van der Waals surface area (Å²) in [5, 5.41) is 0. The number of nitrogens with two attached hydrogens (primary N) is 1. The highest BCUT2D eigenvalue weighted by atomic mass is 16.5. The van der Waals surface area contributed by atoms with E-state index in [1.807, 2.05) is 12.1 Å². The van der Waals surface area contributed by atoms with Crippen LogP contribution in [0.1, 0.15) is 11.1 Å². The molecule has 0 atom stereocenters. The fraction of sp³-hybridized carbons (Fsp3) is 0.294. The van der Waals surface area contributed by atoms with Crippen molar-refractivity contribution >= 4 is 0 Å². The van der Waals surface area contributed by atoms with Gasteiger partial charge >= 0.3 is 0 Å². The minimum absolute atomic E-state index is 0.554. The first kappa shape index (κ1) is 14.7. The highest BCUT2D eigenvalue weighted by Crippen LogP contribution is 2.23. The molecule has 2 aromatic rings. The van der Waals surface area contributed by atoms with E-state index in [-0.39, 0.29) is 0 Å². The summed E-state index contributed by atoms with van der Waals surface area (Å²) in [6.07, 6.45) is 0. The number of benzene rings is 2. The number of hydrogen-bond donors (Lipinski definition) is 1. The maximum atomic E-state index is 5.78. The van der Waals surface area contributed by atoms with Gasteiger partial charge in [-0.25, -0.2) is 0 Å². The second kappa shape index (κ2) is 7.80. The summed E-state index contributed by atoms with van der Waals surface area (Å²) in [7, 11) is 1.67. The van der Waals surface area contributed by atoms with Crippen LogP contribution in [0.4, 0.5) is 0 Å². The predicted octanol–water partition coefficient (Wildman–Crippen LogP) is 2.98. The zero-order chi connectivity index (χ0) is 14.2. The summed E-state index contributed by atoms with van der Waals surface area (Å²) in [5.74, 6) is 0. The van der Waals surface area contributed by atoms with Crippen LogP contribution in [0.25, 0.3) is 11.1 Å². The molecule has 0 aliphatic heterocycles. The Balaban J connectivity index is 2.04. The maximum Gasteiger partial charge on any atom is 0.0718 e. The standard InChI is InChI=1S/C17H21NO2/c1-19-10-11-20-13-14-6-8-15(9-7-14)17-5-3-2-4-16(17)12-18/h2-9H,10-13,18H2,1H3. The van der Waals surface area contributed by atoms with Gasteiger partial charge in [-0.2, -0.15) is 0 Å². The molecule has 0 aliphatic rings. The van der Waals surface area contributed by atoms with E-state index in [2.05, 4.69) is 36.4 Å². The fourth-order valence-corrected chi connectivity index (χ4v) is 2.09. The summed E-state index contributed by atoms with van der Waals surface area (Å²) < 4.78 is 10.5. The van der Waals surface area contributed by atoms with Crippen molar-refractivity contribution in [2.75, 3.05) is 20.3 Å². The van der Waals surface area contributed by atoms with Crippen LogP contribution >= 0.6 is 0 Å². The third-order valence-corrected chi connectivity index (χ3v) is 3.20. The summed E-state index contributed by atoms with van der Waals surface area (Å²) >= 11 is 0. The number of rotatable bonds is 7. The van der Waals surface area contributed by atoms with Crippen LogP contribution in [0, 0.1) is 0 Å². The molecule has 0 bridgehead atoms. The summed E-state index contributed by atoms with van der Waals surface area (Å²) in [6, 6.07) is 16.6. The van der Waals surface area contributed by atoms with E-state index in [1.165, 1.54) is 11.1 Å².